The highest BCUT2D eigenvalue weighted by Crippen LogP contribution is 2.39. The first-order valence-electron chi connectivity index (χ1n) is 11.0. The molecule has 1 N–H and O–H groups in total. The lowest BCUT2D eigenvalue weighted by Gasteiger charge is -2.42. The van der Waals surface area contributed by atoms with Crippen LogP contribution >= 0.6 is 0 Å². The zero-order valence-electron chi connectivity index (χ0n) is 17.4. The fourth-order valence-electron chi connectivity index (χ4n) is 5.15. The van der Waals surface area contributed by atoms with E-state index in [9.17, 15) is 4.79 Å². The van der Waals surface area contributed by atoms with Crippen molar-refractivity contribution in [3.63, 3.8) is 0 Å². The first-order valence-corrected chi connectivity index (χ1v) is 11.0. The third-order valence-electron chi connectivity index (χ3n) is 6.92. The first-order chi connectivity index (χ1) is 13.5. The lowest BCUT2D eigenvalue weighted by molar-refractivity contribution is 0.136. The van der Waals surface area contributed by atoms with E-state index in [1.165, 1.54) is 23.1 Å². The molecule has 0 radical (unpaired) electrons. The molecule has 1 aromatic carbocycles. The number of nitrogens with zero attached hydrogens (tertiary/aromatic N) is 1. The summed E-state index contributed by atoms with van der Waals surface area (Å²) in [7, 11) is 0. The number of fused-ring (bicyclic) bond motifs is 1. The number of carbonyl (C=O) groups is 1. The van der Waals surface area contributed by atoms with Gasteiger partial charge < -0.3 is 10.2 Å². The van der Waals surface area contributed by atoms with Gasteiger partial charge in [0.05, 0.1) is 0 Å². The Morgan fingerprint density at radius 1 is 1.18 bits per heavy atom. The van der Waals surface area contributed by atoms with Crippen molar-refractivity contribution in [3.8, 4) is 0 Å². The van der Waals surface area contributed by atoms with E-state index in [4.69, 9.17) is 0 Å². The molecule has 1 heterocycles. The van der Waals surface area contributed by atoms with Crippen LogP contribution in [0.25, 0.3) is 0 Å². The van der Waals surface area contributed by atoms with Crippen LogP contribution in [0.2, 0.25) is 0 Å². The second kappa shape index (κ2) is 8.14. The average molecular weight is 379 g/mol. The minimum Gasteiger partial charge on any atom is -0.335 e. The van der Waals surface area contributed by atoms with E-state index in [2.05, 4.69) is 66.6 Å². The number of amides is 2. The molecule has 0 saturated carbocycles. The zero-order valence-corrected chi connectivity index (χ0v) is 17.4. The highest BCUT2D eigenvalue weighted by atomic mass is 16.2. The Bertz CT molecular complexity index is 754. The smallest absolute Gasteiger partial charge is 0.317 e. The monoisotopic (exact) mass is 378 g/mol. The largest absolute Gasteiger partial charge is 0.335 e. The van der Waals surface area contributed by atoms with Crippen LogP contribution in [0, 0.1) is 11.3 Å². The second-order valence-corrected chi connectivity index (χ2v) is 9.32. The van der Waals surface area contributed by atoms with E-state index in [0.717, 1.165) is 51.6 Å². The maximum Gasteiger partial charge on any atom is 0.317 e. The summed E-state index contributed by atoms with van der Waals surface area (Å²) < 4.78 is 0. The fourth-order valence-corrected chi connectivity index (χ4v) is 5.15. The van der Waals surface area contributed by atoms with Gasteiger partial charge in [-0.1, -0.05) is 56.3 Å². The molecule has 1 aliphatic heterocycles. The fraction of sp³-hybridized carbons (Fsp3) is 0.560. The molecule has 150 valence electrons. The van der Waals surface area contributed by atoms with E-state index in [1.807, 2.05) is 0 Å². The Kier molecular flexibility index (Phi) is 5.61. The molecule has 1 aromatic rings. The predicted molar refractivity (Wildman–Crippen MR) is 115 cm³/mol. The lowest BCUT2D eigenvalue weighted by atomic mass is 9.73. The molecule has 3 heteroatoms. The van der Waals surface area contributed by atoms with Gasteiger partial charge in [-0.15, -0.1) is 0 Å². The maximum absolute atomic E-state index is 13.1. The van der Waals surface area contributed by atoms with Crippen molar-refractivity contribution in [3.05, 3.63) is 59.2 Å². The summed E-state index contributed by atoms with van der Waals surface area (Å²) in [6.07, 6.45) is 14.6. The third-order valence-corrected chi connectivity index (χ3v) is 6.92. The van der Waals surface area contributed by atoms with Crippen molar-refractivity contribution in [2.24, 2.45) is 11.3 Å². The minimum absolute atomic E-state index is 0.0838. The summed E-state index contributed by atoms with van der Waals surface area (Å²) >= 11 is 0. The highest BCUT2D eigenvalue weighted by Gasteiger charge is 2.36. The number of urea groups is 1. The number of hydrogen-bond acceptors (Lipinski definition) is 1. The first kappa shape index (κ1) is 19.3. The van der Waals surface area contributed by atoms with Crippen LogP contribution in [0.3, 0.4) is 0 Å². The van der Waals surface area contributed by atoms with Gasteiger partial charge in [0, 0.05) is 24.5 Å². The highest BCUT2D eigenvalue weighted by molar-refractivity contribution is 5.75. The Balaban J connectivity index is 1.38. The number of piperidine rings is 1. The summed E-state index contributed by atoms with van der Waals surface area (Å²) in [6.45, 7) is 6.32. The van der Waals surface area contributed by atoms with Gasteiger partial charge in [-0.25, -0.2) is 4.79 Å². The Morgan fingerprint density at radius 3 is 2.57 bits per heavy atom. The van der Waals surface area contributed by atoms with Crippen molar-refractivity contribution in [2.75, 3.05) is 13.1 Å². The van der Waals surface area contributed by atoms with Crippen LogP contribution in [-0.4, -0.2) is 30.1 Å². The van der Waals surface area contributed by atoms with Crippen LogP contribution < -0.4 is 5.32 Å². The standard InChI is InChI=1S/C25H34N2O/c1-19-7-5-10-22(17-19)25(2)15-6-16-27(18-25)24(28)26-23-13-11-20-8-3-4-9-21(20)12-14-23/h3-5,8-10,17,19,23H,6-7,11-16,18H2,1-2H3,(H,26,28). The molecule has 3 nitrogen and oxygen atoms in total. The topological polar surface area (TPSA) is 32.3 Å². The number of carbonyl (C=O) groups excluding carboxylic acids is 1. The van der Waals surface area contributed by atoms with Crippen molar-refractivity contribution in [1.29, 1.82) is 0 Å². The molecule has 0 bridgehead atoms. The van der Waals surface area contributed by atoms with Crippen molar-refractivity contribution < 1.29 is 4.79 Å². The van der Waals surface area contributed by atoms with Gasteiger partial charge in [0.2, 0.25) is 0 Å². The normalized spacial score (nSPS) is 28.3. The summed E-state index contributed by atoms with van der Waals surface area (Å²) in [5.74, 6) is 0.605. The molecule has 2 amide bonds. The van der Waals surface area contributed by atoms with Gasteiger partial charge in [-0.3, -0.25) is 0 Å². The molecular formula is C25H34N2O. The number of allylic oxidation sites excluding steroid dienone is 3. The molecule has 1 saturated heterocycles. The SMILES string of the molecule is CC1C=C(C2(C)CCCN(C(=O)NC3CCc4ccccc4CC3)C2)C=CC1. The van der Waals surface area contributed by atoms with Gasteiger partial charge in [0.25, 0.3) is 0 Å². The number of rotatable bonds is 2. The summed E-state index contributed by atoms with van der Waals surface area (Å²) in [5.41, 5.74) is 4.42. The minimum atomic E-state index is 0.0838. The molecule has 28 heavy (non-hydrogen) atoms. The van der Waals surface area contributed by atoms with Crippen LogP contribution in [0.1, 0.15) is 57.1 Å². The molecule has 1 fully saturated rings. The molecular weight excluding hydrogens is 344 g/mol. The number of benzene rings is 1. The molecule has 2 aliphatic carbocycles. The van der Waals surface area contributed by atoms with E-state index >= 15 is 0 Å². The molecule has 3 aliphatic rings. The van der Waals surface area contributed by atoms with Gasteiger partial charge in [0.1, 0.15) is 0 Å². The van der Waals surface area contributed by atoms with Crippen molar-refractivity contribution in [2.45, 2.75) is 64.8 Å². The van der Waals surface area contributed by atoms with E-state index in [1.54, 1.807) is 0 Å². The predicted octanol–water partition coefficient (Wildman–Crippen LogP) is 5.27. The number of nitrogens with one attached hydrogen (secondary N) is 1. The summed E-state index contributed by atoms with van der Waals surface area (Å²) in [6, 6.07) is 9.14. The molecule has 0 spiro atoms. The Labute approximate surface area is 169 Å². The van der Waals surface area contributed by atoms with Crippen LogP contribution in [-0.2, 0) is 12.8 Å². The van der Waals surface area contributed by atoms with Crippen molar-refractivity contribution in [1.82, 2.24) is 10.2 Å². The lowest BCUT2D eigenvalue weighted by Crippen LogP contribution is -2.51. The molecule has 4 rings (SSSR count). The van der Waals surface area contributed by atoms with Gasteiger partial charge in [0.15, 0.2) is 0 Å². The van der Waals surface area contributed by atoms with Crippen LogP contribution in [0.5, 0.6) is 0 Å². The Morgan fingerprint density at radius 2 is 1.89 bits per heavy atom. The second-order valence-electron chi connectivity index (χ2n) is 9.32. The summed E-state index contributed by atoms with van der Waals surface area (Å²) in [5, 5.41) is 3.36. The van der Waals surface area contributed by atoms with Crippen LogP contribution in [0.4, 0.5) is 4.79 Å². The molecule has 0 aromatic heterocycles. The van der Waals surface area contributed by atoms with Gasteiger partial charge >= 0.3 is 6.03 Å². The number of aryl methyl sites for hydroxylation is 2. The quantitative estimate of drug-likeness (QED) is 0.699. The number of likely N-dealkylation sites (tertiary alicyclic amines) is 1. The van der Waals surface area contributed by atoms with E-state index in [0.29, 0.717) is 5.92 Å². The maximum atomic E-state index is 13.1. The number of hydrogen-bond donors (Lipinski definition) is 1. The van der Waals surface area contributed by atoms with Gasteiger partial charge in [-0.2, -0.15) is 0 Å². The van der Waals surface area contributed by atoms with Crippen LogP contribution in [0.15, 0.2) is 48.1 Å². The molecule has 2 unspecified atom stereocenters. The van der Waals surface area contributed by atoms with Crippen molar-refractivity contribution >= 4 is 6.03 Å². The van der Waals surface area contributed by atoms with Gasteiger partial charge in [-0.05, 0) is 67.6 Å². The van der Waals surface area contributed by atoms with E-state index in [-0.39, 0.29) is 17.5 Å². The average Bonchev–Trinajstić information content (AvgIpc) is 2.91. The Hall–Kier alpha value is -2.03. The van der Waals surface area contributed by atoms with E-state index < -0.39 is 0 Å². The zero-order chi connectivity index (χ0) is 19.6. The summed E-state index contributed by atoms with van der Waals surface area (Å²) in [4.78, 5) is 15.1. The molecule has 2 atom stereocenters. The third kappa shape index (κ3) is 4.19.